The molecule has 152 valence electrons. The van der Waals surface area contributed by atoms with Crippen molar-refractivity contribution in [3.05, 3.63) is 54.1 Å². The highest BCUT2D eigenvalue weighted by Gasteiger charge is 2.31. The molecule has 0 saturated heterocycles. The van der Waals surface area contributed by atoms with E-state index in [0.29, 0.717) is 11.3 Å². The molecule has 10 heteroatoms. The van der Waals surface area contributed by atoms with Crippen LogP contribution in [0.5, 0.6) is 11.5 Å². The molecule has 0 aliphatic carbocycles. The van der Waals surface area contributed by atoms with Crippen molar-refractivity contribution in [2.45, 2.75) is 19.4 Å². The number of esters is 1. The summed E-state index contributed by atoms with van der Waals surface area (Å²) in [5, 5.41) is 11.1. The first-order valence-corrected chi connectivity index (χ1v) is 8.15. The maximum Gasteiger partial charge on any atom is 0.573 e. The summed E-state index contributed by atoms with van der Waals surface area (Å²) >= 11 is 0. The van der Waals surface area contributed by atoms with Crippen LogP contribution < -0.4 is 14.8 Å². The van der Waals surface area contributed by atoms with Gasteiger partial charge in [0.1, 0.15) is 11.5 Å². The van der Waals surface area contributed by atoms with Crippen LogP contribution in [0.15, 0.2) is 48.5 Å². The summed E-state index contributed by atoms with van der Waals surface area (Å²) in [5.74, 6) is -1.57. The number of hydrogen-bond acceptors (Lipinski definition) is 6. The molecule has 29 heavy (non-hydrogen) atoms. The van der Waals surface area contributed by atoms with Gasteiger partial charge in [-0.15, -0.1) is 13.2 Å². The van der Waals surface area contributed by atoms with Crippen LogP contribution in [0, 0.1) is 11.3 Å². The molecule has 0 radical (unpaired) electrons. The number of benzene rings is 2. The molecule has 2 aromatic carbocycles. The van der Waals surface area contributed by atoms with Crippen molar-refractivity contribution in [2.24, 2.45) is 0 Å². The van der Waals surface area contributed by atoms with Crippen LogP contribution in [0.25, 0.3) is 0 Å². The van der Waals surface area contributed by atoms with Gasteiger partial charge >= 0.3 is 12.3 Å². The summed E-state index contributed by atoms with van der Waals surface area (Å²) in [6.45, 7) is 0.818. The molecule has 0 fully saturated rings. The second-order valence-corrected chi connectivity index (χ2v) is 5.62. The topological polar surface area (TPSA) is 97.6 Å². The first kappa shape index (κ1) is 21.6. The number of nitrogens with zero attached hydrogens (tertiary/aromatic N) is 1. The monoisotopic (exact) mass is 408 g/mol. The van der Waals surface area contributed by atoms with Gasteiger partial charge in [0.15, 0.2) is 12.7 Å². The van der Waals surface area contributed by atoms with Crippen molar-refractivity contribution in [3.8, 4) is 17.6 Å². The molecule has 1 amide bonds. The first-order valence-electron chi connectivity index (χ1n) is 8.15. The normalized spacial score (nSPS) is 11.7. The Balaban J connectivity index is 1.78. The number of hydrogen-bond donors (Lipinski definition) is 1. The highest BCUT2D eigenvalue weighted by molar-refractivity contribution is 5.93. The third kappa shape index (κ3) is 7.42. The van der Waals surface area contributed by atoms with Crippen molar-refractivity contribution in [1.82, 2.24) is 0 Å². The Hall–Kier alpha value is -3.74. The molecule has 0 aliphatic rings. The maximum absolute atomic E-state index is 12.1. The summed E-state index contributed by atoms with van der Waals surface area (Å²) in [6.07, 6.45) is -5.82. The number of rotatable bonds is 7. The van der Waals surface area contributed by atoms with Crippen LogP contribution in [-0.4, -0.2) is 30.9 Å². The third-order valence-corrected chi connectivity index (χ3v) is 3.35. The van der Waals surface area contributed by atoms with E-state index < -0.39 is 36.7 Å². The average Bonchev–Trinajstić information content (AvgIpc) is 2.67. The van der Waals surface area contributed by atoms with Gasteiger partial charge in [0, 0.05) is 5.69 Å². The number of carbonyl (C=O) groups is 2. The minimum absolute atomic E-state index is 0.197. The summed E-state index contributed by atoms with van der Waals surface area (Å²) in [7, 11) is 0. The molecular weight excluding hydrogens is 393 g/mol. The van der Waals surface area contributed by atoms with Gasteiger partial charge in [0.05, 0.1) is 11.6 Å². The molecule has 1 atom stereocenters. The van der Waals surface area contributed by atoms with E-state index in [-0.39, 0.29) is 5.69 Å². The standard InChI is InChI=1S/C19H15F3N2O5/c1-12(28-15-6-2-13(10-23)3-7-15)18(26)27-11-17(25)24-14-4-8-16(9-5-14)29-19(20,21)22/h2-9,12H,11H2,1H3,(H,24,25)/t12-/m1/s1. The Morgan fingerprint density at radius 2 is 1.66 bits per heavy atom. The van der Waals surface area contributed by atoms with Gasteiger partial charge < -0.3 is 19.5 Å². The number of amides is 1. The van der Waals surface area contributed by atoms with E-state index >= 15 is 0 Å². The molecule has 0 spiro atoms. The third-order valence-electron chi connectivity index (χ3n) is 3.35. The van der Waals surface area contributed by atoms with E-state index in [1.807, 2.05) is 6.07 Å². The molecule has 2 aromatic rings. The van der Waals surface area contributed by atoms with E-state index in [9.17, 15) is 22.8 Å². The van der Waals surface area contributed by atoms with Crippen molar-refractivity contribution < 1.29 is 37.0 Å². The van der Waals surface area contributed by atoms with Gasteiger partial charge in [-0.25, -0.2) is 4.79 Å². The Morgan fingerprint density at radius 1 is 1.07 bits per heavy atom. The maximum atomic E-state index is 12.1. The lowest BCUT2D eigenvalue weighted by Gasteiger charge is -2.14. The molecule has 7 nitrogen and oxygen atoms in total. The Kier molecular flexibility index (Phi) is 7.03. The minimum Gasteiger partial charge on any atom is -0.479 e. The lowest BCUT2D eigenvalue weighted by Crippen LogP contribution is -2.29. The Morgan fingerprint density at radius 3 is 2.21 bits per heavy atom. The van der Waals surface area contributed by atoms with Gasteiger partial charge in [-0.1, -0.05) is 0 Å². The number of halogens is 3. The highest BCUT2D eigenvalue weighted by Crippen LogP contribution is 2.23. The van der Waals surface area contributed by atoms with E-state index in [0.717, 1.165) is 12.1 Å². The zero-order valence-corrected chi connectivity index (χ0v) is 15.0. The molecule has 2 rings (SSSR count). The van der Waals surface area contributed by atoms with Crippen LogP contribution >= 0.6 is 0 Å². The minimum atomic E-state index is -4.81. The van der Waals surface area contributed by atoms with Crippen molar-refractivity contribution in [3.63, 3.8) is 0 Å². The van der Waals surface area contributed by atoms with Crippen LogP contribution in [0.4, 0.5) is 18.9 Å². The number of alkyl halides is 3. The SMILES string of the molecule is C[C@@H](Oc1ccc(C#N)cc1)C(=O)OCC(=O)Nc1ccc(OC(F)(F)F)cc1. The lowest BCUT2D eigenvalue weighted by atomic mass is 10.2. The predicted octanol–water partition coefficient (Wildman–Crippen LogP) is 3.41. The highest BCUT2D eigenvalue weighted by atomic mass is 19.4. The molecule has 0 saturated carbocycles. The molecular formula is C19H15F3N2O5. The fourth-order valence-corrected chi connectivity index (χ4v) is 2.05. The Labute approximate surface area is 163 Å². The van der Waals surface area contributed by atoms with E-state index in [4.69, 9.17) is 14.7 Å². The average molecular weight is 408 g/mol. The van der Waals surface area contributed by atoms with Crippen LogP contribution in [0.2, 0.25) is 0 Å². The van der Waals surface area contributed by atoms with Gasteiger partial charge in [0.25, 0.3) is 5.91 Å². The van der Waals surface area contributed by atoms with E-state index in [2.05, 4.69) is 10.1 Å². The van der Waals surface area contributed by atoms with Crippen LogP contribution in [0.1, 0.15) is 12.5 Å². The van der Waals surface area contributed by atoms with Crippen LogP contribution in [-0.2, 0) is 14.3 Å². The lowest BCUT2D eigenvalue weighted by molar-refractivity contribution is -0.274. The predicted molar refractivity (Wildman–Crippen MR) is 94.0 cm³/mol. The van der Waals surface area contributed by atoms with Crippen LogP contribution in [0.3, 0.4) is 0 Å². The van der Waals surface area contributed by atoms with Gasteiger partial charge in [0.2, 0.25) is 0 Å². The summed E-state index contributed by atoms with van der Waals surface area (Å²) in [6, 6.07) is 12.5. The smallest absolute Gasteiger partial charge is 0.479 e. The van der Waals surface area contributed by atoms with E-state index in [1.165, 1.54) is 43.3 Å². The second kappa shape index (κ2) is 9.45. The number of carbonyl (C=O) groups excluding carboxylic acids is 2. The number of nitrogens with one attached hydrogen (secondary N) is 1. The van der Waals surface area contributed by atoms with Crippen molar-refractivity contribution >= 4 is 17.6 Å². The first-order chi connectivity index (χ1) is 13.7. The quantitative estimate of drug-likeness (QED) is 0.706. The van der Waals surface area contributed by atoms with E-state index in [1.54, 1.807) is 0 Å². The zero-order chi connectivity index (χ0) is 21.4. The van der Waals surface area contributed by atoms with Gasteiger partial charge in [-0.3, -0.25) is 4.79 Å². The Bertz CT molecular complexity index is 890. The van der Waals surface area contributed by atoms with Crippen molar-refractivity contribution in [2.75, 3.05) is 11.9 Å². The summed E-state index contributed by atoms with van der Waals surface area (Å²) in [5.41, 5.74) is 0.629. The zero-order valence-electron chi connectivity index (χ0n) is 15.0. The van der Waals surface area contributed by atoms with Gasteiger partial charge in [-0.05, 0) is 55.5 Å². The molecule has 1 N–H and O–H groups in total. The molecule has 0 unspecified atom stereocenters. The summed E-state index contributed by atoms with van der Waals surface area (Å²) in [4.78, 5) is 23.7. The number of anilines is 1. The fraction of sp³-hybridized carbons (Fsp3) is 0.211. The van der Waals surface area contributed by atoms with Gasteiger partial charge in [-0.2, -0.15) is 5.26 Å². The van der Waals surface area contributed by atoms with Crippen molar-refractivity contribution in [1.29, 1.82) is 5.26 Å². The second-order valence-electron chi connectivity index (χ2n) is 5.62. The summed E-state index contributed by atoms with van der Waals surface area (Å²) < 4.78 is 50.2. The number of ether oxygens (including phenoxy) is 3. The molecule has 0 heterocycles. The molecule has 0 aliphatic heterocycles. The number of nitriles is 1. The fourth-order valence-electron chi connectivity index (χ4n) is 2.05. The molecule has 0 bridgehead atoms. The molecule has 0 aromatic heterocycles. The largest absolute Gasteiger partial charge is 0.573 e.